The van der Waals surface area contributed by atoms with E-state index < -0.39 is 6.03 Å². The van der Waals surface area contributed by atoms with E-state index in [2.05, 4.69) is 11.4 Å². The van der Waals surface area contributed by atoms with E-state index in [0.29, 0.717) is 11.3 Å². The van der Waals surface area contributed by atoms with Crippen LogP contribution in [0.5, 0.6) is 0 Å². The minimum absolute atomic E-state index is 0.0388. The monoisotopic (exact) mass is 295 g/mol. The molecular formula is C17H17N3O2. The molecule has 0 aromatic heterocycles. The number of para-hydroxylation sites is 1. The summed E-state index contributed by atoms with van der Waals surface area (Å²) in [6.45, 7) is 2.04. The van der Waals surface area contributed by atoms with Gasteiger partial charge in [0.05, 0.1) is 0 Å². The van der Waals surface area contributed by atoms with Crippen molar-refractivity contribution < 1.29 is 9.59 Å². The topological polar surface area (TPSA) is 75.4 Å². The predicted octanol–water partition coefficient (Wildman–Crippen LogP) is 2.77. The maximum atomic E-state index is 12.8. The molecule has 0 radical (unpaired) electrons. The van der Waals surface area contributed by atoms with Crippen molar-refractivity contribution in [1.29, 1.82) is 0 Å². The molecule has 0 fully saturated rings. The molecular weight excluding hydrogens is 278 g/mol. The fraction of sp³-hybridized carbons (Fsp3) is 0.176. The van der Waals surface area contributed by atoms with Gasteiger partial charge in [-0.25, -0.2) is 4.79 Å². The van der Waals surface area contributed by atoms with E-state index in [1.165, 1.54) is 5.56 Å². The number of carbonyl (C=O) groups is 2. The maximum absolute atomic E-state index is 12.8. The number of nitrogens with one attached hydrogen (secondary N) is 1. The number of benzene rings is 2. The van der Waals surface area contributed by atoms with Crippen LogP contribution >= 0.6 is 0 Å². The average molecular weight is 295 g/mol. The zero-order valence-electron chi connectivity index (χ0n) is 12.2. The van der Waals surface area contributed by atoms with Crippen LogP contribution in [0.2, 0.25) is 0 Å². The fourth-order valence-corrected chi connectivity index (χ4v) is 2.85. The molecule has 1 aliphatic heterocycles. The third kappa shape index (κ3) is 2.53. The molecule has 3 N–H and O–H groups in total. The van der Waals surface area contributed by atoms with Gasteiger partial charge in [0, 0.05) is 23.0 Å². The molecule has 0 unspecified atom stereocenters. The van der Waals surface area contributed by atoms with Gasteiger partial charge >= 0.3 is 6.03 Å². The second-order valence-corrected chi connectivity index (χ2v) is 5.42. The number of nitrogens with zero attached hydrogens (tertiary/aromatic N) is 1. The summed E-state index contributed by atoms with van der Waals surface area (Å²) in [5.74, 6) is -0.0388. The molecule has 1 atom stereocenters. The number of amides is 3. The van der Waals surface area contributed by atoms with E-state index in [9.17, 15) is 9.59 Å². The lowest BCUT2D eigenvalue weighted by molar-refractivity contribution is 0.0981. The Labute approximate surface area is 128 Å². The van der Waals surface area contributed by atoms with Crippen LogP contribution in [0.3, 0.4) is 0 Å². The second-order valence-electron chi connectivity index (χ2n) is 5.42. The maximum Gasteiger partial charge on any atom is 0.316 e. The highest BCUT2D eigenvalue weighted by molar-refractivity contribution is 6.08. The van der Waals surface area contributed by atoms with Gasteiger partial charge in [-0.05, 0) is 49.2 Å². The molecule has 112 valence electrons. The predicted molar refractivity (Wildman–Crippen MR) is 86.1 cm³/mol. The number of nitrogens with two attached hydrogens (primary N) is 1. The van der Waals surface area contributed by atoms with Crippen molar-refractivity contribution in [3.8, 4) is 0 Å². The smallest absolute Gasteiger partial charge is 0.316 e. The molecule has 5 nitrogen and oxygen atoms in total. The zero-order chi connectivity index (χ0) is 15.7. The first-order valence-electron chi connectivity index (χ1n) is 7.14. The molecule has 0 bridgehead atoms. The lowest BCUT2D eigenvalue weighted by atomic mass is 10.1. The van der Waals surface area contributed by atoms with Crippen molar-refractivity contribution in [1.82, 2.24) is 0 Å². The Morgan fingerprint density at radius 1 is 1.14 bits per heavy atom. The molecule has 0 saturated carbocycles. The van der Waals surface area contributed by atoms with Crippen LogP contribution in [0.25, 0.3) is 0 Å². The van der Waals surface area contributed by atoms with Gasteiger partial charge in [-0.15, -0.1) is 0 Å². The molecule has 0 spiro atoms. The molecule has 0 saturated heterocycles. The number of fused-ring (bicyclic) bond motifs is 1. The van der Waals surface area contributed by atoms with Crippen molar-refractivity contribution in [2.45, 2.75) is 19.4 Å². The first-order chi connectivity index (χ1) is 10.6. The van der Waals surface area contributed by atoms with E-state index >= 15 is 0 Å². The standard InChI is InChI=1S/C17H17N3O2/c1-11-10-13-4-2-3-5-15(13)20(11)16(21)12-6-8-14(9-7-12)19-17(18)22/h2-9,11H,10H2,1H3,(H3,18,19,22)/t11-/m0/s1. The Kier molecular flexibility index (Phi) is 3.55. The summed E-state index contributed by atoms with van der Waals surface area (Å²) in [4.78, 5) is 25.4. The van der Waals surface area contributed by atoms with Gasteiger partial charge in [-0.1, -0.05) is 18.2 Å². The summed E-state index contributed by atoms with van der Waals surface area (Å²) in [6, 6.07) is 14.2. The molecule has 2 aromatic carbocycles. The number of rotatable bonds is 2. The van der Waals surface area contributed by atoms with Crippen molar-refractivity contribution >= 4 is 23.3 Å². The van der Waals surface area contributed by atoms with Crippen LogP contribution in [0.15, 0.2) is 48.5 Å². The number of anilines is 2. The molecule has 22 heavy (non-hydrogen) atoms. The van der Waals surface area contributed by atoms with Crippen molar-refractivity contribution in [3.05, 3.63) is 59.7 Å². The van der Waals surface area contributed by atoms with Crippen LogP contribution in [0, 0.1) is 0 Å². The summed E-state index contributed by atoms with van der Waals surface area (Å²) in [7, 11) is 0. The van der Waals surface area contributed by atoms with Gasteiger partial charge in [0.1, 0.15) is 0 Å². The average Bonchev–Trinajstić information content (AvgIpc) is 2.82. The summed E-state index contributed by atoms with van der Waals surface area (Å²) in [6.07, 6.45) is 0.864. The largest absolute Gasteiger partial charge is 0.351 e. The second kappa shape index (κ2) is 5.52. The summed E-state index contributed by atoms with van der Waals surface area (Å²) >= 11 is 0. The summed E-state index contributed by atoms with van der Waals surface area (Å²) < 4.78 is 0. The van der Waals surface area contributed by atoms with Crippen molar-refractivity contribution in [3.63, 3.8) is 0 Å². The summed E-state index contributed by atoms with van der Waals surface area (Å²) in [5.41, 5.74) is 8.38. The Morgan fingerprint density at radius 3 is 2.50 bits per heavy atom. The summed E-state index contributed by atoms with van der Waals surface area (Å²) in [5, 5.41) is 2.48. The lowest BCUT2D eigenvalue weighted by Crippen LogP contribution is -2.35. The van der Waals surface area contributed by atoms with Gasteiger partial charge in [0.25, 0.3) is 5.91 Å². The third-order valence-corrected chi connectivity index (χ3v) is 3.83. The highest BCUT2D eigenvalue weighted by atomic mass is 16.2. The van der Waals surface area contributed by atoms with Crippen LogP contribution in [-0.4, -0.2) is 18.0 Å². The van der Waals surface area contributed by atoms with Crippen LogP contribution in [0.4, 0.5) is 16.2 Å². The highest BCUT2D eigenvalue weighted by Crippen LogP contribution is 2.33. The van der Waals surface area contributed by atoms with Gasteiger partial charge < -0.3 is 16.0 Å². The Balaban J connectivity index is 1.86. The van der Waals surface area contributed by atoms with Gasteiger partial charge in [0.2, 0.25) is 0 Å². The third-order valence-electron chi connectivity index (χ3n) is 3.83. The van der Waals surface area contributed by atoms with E-state index in [4.69, 9.17) is 5.73 Å². The number of primary amides is 1. The Morgan fingerprint density at radius 2 is 1.82 bits per heavy atom. The van der Waals surface area contributed by atoms with Crippen LogP contribution < -0.4 is 16.0 Å². The first kappa shape index (κ1) is 14.1. The fourth-order valence-electron chi connectivity index (χ4n) is 2.85. The zero-order valence-corrected chi connectivity index (χ0v) is 12.2. The molecule has 0 aliphatic carbocycles. The minimum atomic E-state index is -0.624. The number of hydrogen-bond acceptors (Lipinski definition) is 2. The van der Waals surface area contributed by atoms with E-state index in [1.54, 1.807) is 24.3 Å². The Bertz CT molecular complexity index is 725. The molecule has 2 aromatic rings. The van der Waals surface area contributed by atoms with Crippen molar-refractivity contribution in [2.24, 2.45) is 5.73 Å². The van der Waals surface area contributed by atoms with Gasteiger partial charge in [0.15, 0.2) is 0 Å². The van der Waals surface area contributed by atoms with Crippen LogP contribution in [-0.2, 0) is 6.42 Å². The van der Waals surface area contributed by atoms with Gasteiger partial charge in [-0.3, -0.25) is 4.79 Å². The first-order valence-corrected chi connectivity index (χ1v) is 7.14. The normalized spacial score (nSPS) is 16.2. The van der Waals surface area contributed by atoms with Gasteiger partial charge in [-0.2, -0.15) is 0 Å². The van der Waals surface area contributed by atoms with Crippen LogP contribution in [0.1, 0.15) is 22.8 Å². The molecule has 5 heteroatoms. The lowest BCUT2D eigenvalue weighted by Gasteiger charge is -2.23. The van der Waals surface area contributed by atoms with E-state index in [0.717, 1.165) is 12.1 Å². The van der Waals surface area contributed by atoms with E-state index in [-0.39, 0.29) is 11.9 Å². The number of hydrogen-bond donors (Lipinski definition) is 2. The molecule has 1 heterocycles. The number of urea groups is 1. The quantitative estimate of drug-likeness (QED) is 0.894. The molecule has 3 amide bonds. The Hall–Kier alpha value is -2.82. The highest BCUT2D eigenvalue weighted by Gasteiger charge is 2.31. The number of carbonyl (C=O) groups excluding carboxylic acids is 2. The molecule has 3 rings (SSSR count). The SMILES string of the molecule is C[C@H]1Cc2ccccc2N1C(=O)c1ccc(NC(N)=O)cc1. The van der Waals surface area contributed by atoms with E-state index in [1.807, 2.05) is 30.0 Å². The molecule has 1 aliphatic rings. The van der Waals surface area contributed by atoms with Crippen molar-refractivity contribution in [2.75, 3.05) is 10.2 Å². The minimum Gasteiger partial charge on any atom is -0.351 e.